The molecule has 1 heterocycles. The van der Waals surface area contributed by atoms with Crippen LogP contribution in [0, 0.1) is 12.3 Å². The number of hydrogen-bond acceptors (Lipinski definition) is 3. The predicted octanol–water partition coefficient (Wildman–Crippen LogP) is 1.74. The van der Waals surface area contributed by atoms with Crippen LogP contribution in [0.4, 0.5) is 0 Å². The SMILES string of the molecule is C#CC(O)c1cc2c(cc1Cl)OCO2. The number of aliphatic hydroxyl groups excluding tert-OH is 1. The van der Waals surface area contributed by atoms with E-state index < -0.39 is 6.10 Å². The summed E-state index contributed by atoms with van der Waals surface area (Å²) in [6.07, 6.45) is 4.07. The summed E-state index contributed by atoms with van der Waals surface area (Å²) in [6.45, 7) is 0.168. The van der Waals surface area contributed by atoms with Gasteiger partial charge in [-0.05, 0) is 6.07 Å². The van der Waals surface area contributed by atoms with E-state index in [9.17, 15) is 5.11 Å². The molecule has 0 amide bonds. The van der Waals surface area contributed by atoms with Crippen LogP contribution in [0.15, 0.2) is 12.1 Å². The minimum atomic E-state index is -1.02. The summed E-state index contributed by atoms with van der Waals surface area (Å²) >= 11 is 5.89. The van der Waals surface area contributed by atoms with Gasteiger partial charge in [-0.15, -0.1) is 6.42 Å². The zero-order valence-electron chi connectivity index (χ0n) is 7.16. The molecule has 1 aromatic rings. The smallest absolute Gasteiger partial charge is 0.231 e. The van der Waals surface area contributed by atoms with Crippen LogP contribution in [0.3, 0.4) is 0 Å². The lowest BCUT2D eigenvalue weighted by atomic mass is 10.1. The van der Waals surface area contributed by atoms with Gasteiger partial charge in [-0.2, -0.15) is 0 Å². The van der Waals surface area contributed by atoms with Gasteiger partial charge in [-0.25, -0.2) is 0 Å². The van der Waals surface area contributed by atoms with Crippen molar-refractivity contribution in [1.82, 2.24) is 0 Å². The van der Waals surface area contributed by atoms with E-state index in [4.69, 9.17) is 27.5 Å². The van der Waals surface area contributed by atoms with Crippen LogP contribution in [0.25, 0.3) is 0 Å². The van der Waals surface area contributed by atoms with Gasteiger partial charge in [0, 0.05) is 11.6 Å². The number of hydrogen-bond donors (Lipinski definition) is 1. The van der Waals surface area contributed by atoms with Crippen LogP contribution in [0.2, 0.25) is 5.02 Å². The lowest BCUT2D eigenvalue weighted by Crippen LogP contribution is -1.94. The maximum atomic E-state index is 9.42. The molecule has 0 aliphatic carbocycles. The van der Waals surface area contributed by atoms with E-state index in [0.29, 0.717) is 22.1 Å². The molecular weight excluding hydrogens is 204 g/mol. The molecule has 0 saturated heterocycles. The van der Waals surface area contributed by atoms with Crippen molar-refractivity contribution >= 4 is 11.6 Å². The van der Waals surface area contributed by atoms with Crippen molar-refractivity contribution in [2.45, 2.75) is 6.10 Å². The minimum Gasteiger partial charge on any atom is -0.454 e. The molecule has 1 unspecified atom stereocenters. The van der Waals surface area contributed by atoms with Crippen molar-refractivity contribution in [2.24, 2.45) is 0 Å². The Kier molecular flexibility index (Phi) is 2.24. The van der Waals surface area contributed by atoms with Crippen molar-refractivity contribution in [3.05, 3.63) is 22.7 Å². The monoisotopic (exact) mass is 210 g/mol. The van der Waals surface area contributed by atoms with Gasteiger partial charge in [-0.1, -0.05) is 17.5 Å². The number of benzene rings is 1. The number of ether oxygens (including phenoxy) is 2. The summed E-state index contributed by atoms with van der Waals surface area (Å²) in [5, 5.41) is 9.80. The zero-order chi connectivity index (χ0) is 10.1. The first-order chi connectivity index (χ1) is 6.72. The van der Waals surface area contributed by atoms with Gasteiger partial charge in [0.05, 0.1) is 5.02 Å². The van der Waals surface area contributed by atoms with Crippen LogP contribution < -0.4 is 9.47 Å². The van der Waals surface area contributed by atoms with Crippen LogP contribution in [-0.2, 0) is 0 Å². The lowest BCUT2D eigenvalue weighted by molar-refractivity contribution is 0.173. The van der Waals surface area contributed by atoms with E-state index in [1.165, 1.54) is 0 Å². The molecular formula is C10H7ClO3. The van der Waals surface area contributed by atoms with Gasteiger partial charge in [0.1, 0.15) is 6.10 Å². The Balaban J connectivity index is 2.48. The third-order valence-corrected chi connectivity index (χ3v) is 2.27. The molecule has 0 radical (unpaired) electrons. The predicted molar refractivity (Wildman–Crippen MR) is 51.4 cm³/mol. The summed E-state index contributed by atoms with van der Waals surface area (Å²) < 4.78 is 10.2. The van der Waals surface area contributed by atoms with Gasteiger partial charge < -0.3 is 14.6 Å². The van der Waals surface area contributed by atoms with Crippen LogP contribution in [0.5, 0.6) is 11.5 Å². The van der Waals surface area contributed by atoms with Crippen molar-refractivity contribution in [3.63, 3.8) is 0 Å². The van der Waals surface area contributed by atoms with Crippen molar-refractivity contribution in [3.8, 4) is 23.8 Å². The second kappa shape index (κ2) is 3.41. The Bertz CT molecular complexity index is 409. The molecule has 0 bridgehead atoms. The fourth-order valence-electron chi connectivity index (χ4n) is 1.23. The molecule has 0 spiro atoms. The first kappa shape index (κ1) is 9.20. The van der Waals surface area contributed by atoms with Gasteiger partial charge in [0.25, 0.3) is 0 Å². The molecule has 14 heavy (non-hydrogen) atoms. The van der Waals surface area contributed by atoms with Crippen LogP contribution in [0.1, 0.15) is 11.7 Å². The highest BCUT2D eigenvalue weighted by molar-refractivity contribution is 6.31. The summed E-state index contributed by atoms with van der Waals surface area (Å²) in [5.74, 6) is 3.31. The van der Waals surface area contributed by atoms with Crippen molar-refractivity contribution in [2.75, 3.05) is 6.79 Å². The van der Waals surface area contributed by atoms with Crippen molar-refractivity contribution in [1.29, 1.82) is 0 Å². The quantitative estimate of drug-likeness (QED) is 0.718. The molecule has 3 nitrogen and oxygen atoms in total. The van der Waals surface area contributed by atoms with E-state index >= 15 is 0 Å². The first-order valence-corrected chi connectivity index (χ1v) is 4.33. The molecule has 1 aromatic carbocycles. The molecule has 4 heteroatoms. The summed E-state index contributed by atoms with van der Waals surface area (Å²) in [4.78, 5) is 0. The Morgan fingerprint density at radius 2 is 2.07 bits per heavy atom. The molecule has 0 aromatic heterocycles. The van der Waals surface area contributed by atoms with Crippen LogP contribution >= 0.6 is 11.6 Å². The third-order valence-electron chi connectivity index (χ3n) is 1.94. The van der Waals surface area contributed by atoms with Gasteiger partial charge in [-0.3, -0.25) is 0 Å². The van der Waals surface area contributed by atoms with E-state index in [1.54, 1.807) is 12.1 Å². The fraction of sp³-hybridized carbons (Fsp3) is 0.200. The number of rotatable bonds is 1. The summed E-state index contributed by atoms with van der Waals surface area (Å²) in [6, 6.07) is 3.18. The molecule has 72 valence electrons. The highest BCUT2D eigenvalue weighted by Crippen LogP contribution is 2.38. The summed E-state index contributed by atoms with van der Waals surface area (Å²) in [7, 11) is 0. The standard InChI is InChI=1S/C10H7ClO3/c1-2-8(12)6-3-9-10(4-7(6)11)14-5-13-9/h1,3-4,8,12H,5H2. The second-order valence-electron chi connectivity index (χ2n) is 2.80. The molecule has 1 atom stereocenters. The molecule has 1 aliphatic heterocycles. The Hall–Kier alpha value is -1.37. The minimum absolute atomic E-state index is 0.168. The molecule has 1 aliphatic rings. The van der Waals surface area contributed by atoms with Crippen molar-refractivity contribution < 1.29 is 14.6 Å². The number of terminal acetylenes is 1. The van der Waals surface area contributed by atoms with Gasteiger partial charge in [0.2, 0.25) is 6.79 Å². The van der Waals surface area contributed by atoms with Gasteiger partial charge >= 0.3 is 0 Å². The molecule has 0 saturated carbocycles. The molecule has 0 fully saturated rings. The average molecular weight is 211 g/mol. The summed E-state index contributed by atoms with van der Waals surface area (Å²) in [5.41, 5.74) is 0.457. The fourth-order valence-corrected chi connectivity index (χ4v) is 1.49. The van der Waals surface area contributed by atoms with Crippen LogP contribution in [-0.4, -0.2) is 11.9 Å². The molecule has 1 N–H and O–H groups in total. The van der Waals surface area contributed by atoms with E-state index in [0.717, 1.165) is 0 Å². The third kappa shape index (κ3) is 1.39. The zero-order valence-corrected chi connectivity index (χ0v) is 7.91. The van der Waals surface area contributed by atoms with E-state index in [-0.39, 0.29) is 6.79 Å². The van der Waals surface area contributed by atoms with Gasteiger partial charge in [0.15, 0.2) is 11.5 Å². The first-order valence-electron chi connectivity index (χ1n) is 3.95. The highest BCUT2D eigenvalue weighted by Gasteiger charge is 2.19. The number of fused-ring (bicyclic) bond motifs is 1. The Morgan fingerprint density at radius 3 is 2.71 bits per heavy atom. The Morgan fingerprint density at radius 1 is 1.43 bits per heavy atom. The van der Waals surface area contributed by atoms with E-state index in [1.807, 2.05) is 0 Å². The highest BCUT2D eigenvalue weighted by atomic mass is 35.5. The topological polar surface area (TPSA) is 38.7 Å². The lowest BCUT2D eigenvalue weighted by Gasteiger charge is -2.07. The largest absolute Gasteiger partial charge is 0.454 e. The second-order valence-corrected chi connectivity index (χ2v) is 3.20. The molecule has 2 rings (SSSR count). The number of halogens is 1. The maximum Gasteiger partial charge on any atom is 0.231 e. The average Bonchev–Trinajstić information content (AvgIpc) is 2.62. The Labute approximate surface area is 86.2 Å². The normalized spacial score (nSPS) is 14.9. The van der Waals surface area contributed by atoms with E-state index in [2.05, 4.69) is 5.92 Å². The maximum absolute atomic E-state index is 9.42. The number of aliphatic hydroxyl groups is 1.